The summed E-state index contributed by atoms with van der Waals surface area (Å²) in [6, 6.07) is 4.27. The number of carboxylic acids is 1. The summed E-state index contributed by atoms with van der Waals surface area (Å²) in [6.45, 7) is 8.90. The topological polar surface area (TPSA) is 82.5 Å². The monoisotopic (exact) mass is 346 g/mol. The molecule has 128 valence electrons. The van der Waals surface area contributed by atoms with Crippen LogP contribution in [0.2, 0.25) is 0 Å². The van der Waals surface area contributed by atoms with E-state index in [0.29, 0.717) is 5.69 Å². The van der Waals surface area contributed by atoms with Crippen molar-refractivity contribution >= 4 is 28.1 Å². The van der Waals surface area contributed by atoms with Crippen LogP contribution in [0.25, 0.3) is 0 Å². The van der Waals surface area contributed by atoms with E-state index in [2.05, 4.69) is 33.0 Å². The second kappa shape index (κ2) is 5.48. The number of anilines is 2. The van der Waals surface area contributed by atoms with Crippen LogP contribution in [-0.4, -0.2) is 21.2 Å². The second-order valence-corrected chi connectivity index (χ2v) is 8.63. The van der Waals surface area contributed by atoms with Gasteiger partial charge < -0.3 is 15.5 Å². The molecule has 3 N–H and O–H groups in total. The van der Waals surface area contributed by atoms with Crippen molar-refractivity contribution in [2.24, 2.45) is 0 Å². The highest BCUT2D eigenvalue weighted by molar-refractivity contribution is 7.16. The molecule has 0 amide bonds. The van der Waals surface area contributed by atoms with Crippen molar-refractivity contribution in [3.8, 4) is 5.75 Å². The van der Waals surface area contributed by atoms with Crippen molar-refractivity contribution in [3.05, 3.63) is 34.3 Å². The molecule has 1 aliphatic carbocycles. The number of hydrogen-bond donors (Lipinski definition) is 3. The van der Waals surface area contributed by atoms with Gasteiger partial charge in [0, 0.05) is 15.7 Å². The predicted octanol–water partition coefficient (Wildman–Crippen LogP) is 4.64. The zero-order valence-corrected chi connectivity index (χ0v) is 15.1. The number of nitrogens with one attached hydrogen (secondary N) is 1. The lowest BCUT2D eigenvalue weighted by molar-refractivity contribution is 0.0696. The van der Waals surface area contributed by atoms with Gasteiger partial charge >= 0.3 is 5.97 Å². The Hall–Kier alpha value is -2.08. The Morgan fingerprint density at radius 2 is 1.88 bits per heavy atom. The summed E-state index contributed by atoms with van der Waals surface area (Å²) in [5.74, 6) is -1.16. The maximum absolute atomic E-state index is 11.0. The van der Waals surface area contributed by atoms with E-state index in [1.165, 1.54) is 17.0 Å². The molecular weight excluding hydrogens is 324 g/mol. The summed E-state index contributed by atoms with van der Waals surface area (Å²) in [5, 5.41) is 22.9. The van der Waals surface area contributed by atoms with Crippen molar-refractivity contribution in [1.29, 1.82) is 0 Å². The Balaban J connectivity index is 1.95. The smallest absolute Gasteiger partial charge is 0.335 e. The Labute approximate surface area is 145 Å². The molecule has 5 nitrogen and oxygen atoms in total. The molecule has 0 fully saturated rings. The number of benzene rings is 1. The lowest BCUT2D eigenvalue weighted by atomic mass is 9.69. The van der Waals surface area contributed by atoms with Crippen LogP contribution < -0.4 is 5.32 Å². The van der Waals surface area contributed by atoms with Crippen molar-refractivity contribution in [2.45, 2.75) is 51.4 Å². The van der Waals surface area contributed by atoms with E-state index >= 15 is 0 Å². The minimum absolute atomic E-state index is 0.0382. The number of rotatable bonds is 3. The van der Waals surface area contributed by atoms with Crippen LogP contribution in [-0.2, 0) is 10.8 Å². The van der Waals surface area contributed by atoms with Crippen molar-refractivity contribution in [2.75, 3.05) is 5.32 Å². The van der Waals surface area contributed by atoms with Crippen LogP contribution in [0.5, 0.6) is 5.75 Å². The molecule has 1 aromatic heterocycles. The Morgan fingerprint density at radius 3 is 2.46 bits per heavy atom. The van der Waals surface area contributed by atoms with E-state index in [1.54, 1.807) is 17.4 Å². The number of nitrogens with zero attached hydrogens (tertiary/aromatic N) is 1. The van der Waals surface area contributed by atoms with Gasteiger partial charge in [-0.1, -0.05) is 27.7 Å². The molecule has 0 saturated carbocycles. The third-order valence-corrected chi connectivity index (χ3v) is 6.08. The molecule has 0 saturated heterocycles. The lowest BCUT2D eigenvalue weighted by Gasteiger charge is -2.37. The van der Waals surface area contributed by atoms with Gasteiger partial charge in [0.2, 0.25) is 0 Å². The standard InChI is InChI=1S/C18H22N2O3S/c1-17(2)7-8-18(3,4)14-13(17)20-16(24-14)19-11-6-5-10(15(22)23)9-12(11)21/h5-6,9,21H,7-8H2,1-4H3,(H,19,20)(H,22,23). The van der Waals surface area contributed by atoms with Gasteiger partial charge in [-0.15, -0.1) is 11.3 Å². The second-order valence-electron chi connectivity index (χ2n) is 7.63. The van der Waals surface area contributed by atoms with Crippen molar-refractivity contribution in [3.63, 3.8) is 0 Å². The molecule has 0 atom stereocenters. The predicted molar refractivity (Wildman–Crippen MR) is 95.7 cm³/mol. The average Bonchev–Trinajstić information content (AvgIpc) is 2.92. The van der Waals surface area contributed by atoms with E-state index in [0.717, 1.165) is 23.7 Å². The largest absolute Gasteiger partial charge is 0.506 e. The summed E-state index contributed by atoms with van der Waals surface area (Å²) >= 11 is 1.61. The molecule has 0 radical (unpaired) electrons. The summed E-state index contributed by atoms with van der Waals surface area (Å²) < 4.78 is 0. The van der Waals surface area contributed by atoms with Gasteiger partial charge in [-0.2, -0.15) is 0 Å². The first-order chi connectivity index (χ1) is 11.1. The van der Waals surface area contributed by atoms with Crippen molar-refractivity contribution < 1.29 is 15.0 Å². The number of hydrogen-bond acceptors (Lipinski definition) is 5. The zero-order valence-electron chi connectivity index (χ0n) is 14.3. The summed E-state index contributed by atoms with van der Waals surface area (Å²) in [6.07, 6.45) is 2.21. The first-order valence-corrected chi connectivity index (χ1v) is 8.77. The molecule has 1 aromatic carbocycles. The molecule has 0 unspecified atom stereocenters. The third kappa shape index (κ3) is 2.86. The number of carboxylic acid groups (broad SMARTS) is 1. The minimum Gasteiger partial charge on any atom is -0.506 e. The van der Waals surface area contributed by atoms with Gasteiger partial charge in [0.05, 0.1) is 16.9 Å². The highest BCUT2D eigenvalue weighted by atomic mass is 32.1. The van der Waals surface area contributed by atoms with Crippen LogP contribution in [0.4, 0.5) is 10.8 Å². The van der Waals surface area contributed by atoms with Gasteiger partial charge in [0.25, 0.3) is 0 Å². The SMILES string of the molecule is CC1(C)CCC(C)(C)c2sc(Nc3ccc(C(=O)O)cc3O)nc21. The normalized spacial score (nSPS) is 18.0. The highest BCUT2D eigenvalue weighted by Gasteiger charge is 2.40. The van der Waals surface area contributed by atoms with E-state index in [1.807, 2.05) is 0 Å². The molecule has 0 bridgehead atoms. The fourth-order valence-electron chi connectivity index (χ4n) is 3.03. The molecule has 2 aromatic rings. The highest BCUT2D eigenvalue weighted by Crippen LogP contribution is 2.49. The quantitative estimate of drug-likeness (QED) is 0.705. The fourth-order valence-corrected chi connectivity index (χ4v) is 4.32. The van der Waals surface area contributed by atoms with Gasteiger partial charge in [-0.3, -0.25) is 0 Å². The van der Waals surface area contributed by atoms with E-state index < -0.39 is 5.97 Å². The minimum atomic E-state index is -1.06. The number of thiazole rings is 1. The molecule has 24 heavy (non-hydrogen) atoms. The van der Waals surface area contributed by atoms with Crippen LogP contribution in [0.3, 0.4) is 0 Å². The number of carbonyl (C=O) groups is 1. The third-order valence-electron chi connectivity index (χ3n) is 4.74. The van der Waals surface area contributed by atoms with Crippen LogP contribution >= 0.6 is 11.3 Å². The first-order valence-electron chi connectivity index (χ1n) is 7.95. The number of fused-ring (bicyclic) bond motifs is 1. The van der Waals surface area contributed by atoms with Crippen molar-refractivity contribution in [1.82, 2.24) is 4.98 Å². The van der Waals surface area contributed by atoms with Gasteiger partial charge in [0.15, 0.2) is 5.13 Å². The molecule has 1 aliphatic rings. The van der Waals surface area contributed by atoms with Gasteiger partial charge in [-0.25, -0.2) is 9.78 Å². The maximum Gasteiger partial charge on any atom is 0.335 e. The Kier molecular flexibility index (Phi) is 3.83. The average molecular weight is 346 g/mol. The molecule has 0 aliphatic heterocycles. The summed E-state index contributed by atoms with van der Waals surface area (Å²) in [7, 11) is 0. The van der Waals surface area contributed by atoms with Crippen LogP contribution in [0.1, 0.15) is 61.5 Å². The number of aromatic hydroxyl groups is 1. The molecule has 0 spiro atoms. The van der Waals surface area contributed by atoms with Gasteiger partial charge in [-0.05, 0) is 31.0 Å². The van der Waals surface area contributed by atoms with E-state index in [4.69, 9.17) is 10.1 Å². The Morgan fingerprint density at radius 1 is 1.21 bits per heavy atom. The number of phenols is 1. The maximum atomic E-state index is 11.0. The molecular formula is C18H22N2O3S. The molecule has 1 heterocycles. The molecule has 3 rings (SSSR count). The fraction of sp³-hybridized carbons (Fsp3) is 0.444. The summed E-state index contributed by atoms with van der Waals surface area (Å²) in [5.41, 5.74) is 1.77. The number of aromatic nitrogens is 1. The van der Waals surface area contributed by atoms with Crippen LogP contribution in [0.15, 0.2) is 18.2 Å². The van der Waals surface area contributed by atoms with E-state index in [-0.39, 0.29) is 22.1 Å². The van der Waals surface area contributed by atoms with Crippen LogP contribution in [0, 0.1) is 0 Å². The number of aromatic carboxylic acids is 1. The lowest BCUT2D eigenvalue weighted by Crippen LogP contribution is -2.32. The summed E-state index contributed by atoms with van der Waals surface area (Å²) in [4.78, 5) is 17.0. The van der Waals surface area contributed by atoms with E-state index in [9.17, 15) is 9.90 Å². The number of phenolic OH excluding ortho intramolecular Hbond substituents is 1. The zero-order chi connectivity index (χ0) is 17.7. The molecule has 6 heteroatoms. The first kappa shape index (κ1) is 16.8. The van der Waals surface area contributed by atoms with Gasteiger partial charge in [0.1, 0.15) is 5.75 Å². The Bertz CT molecular complexity index is 775.